The Hall–Kier alpha value is -3.19. The molecule has 0 unspecified atom stereocenters. The summed E-state index contributed by atoms with van der Waals surface area (Å²) in [5, 5.41) is 11.0. The molecule has 3 rings (SSSR count). The maximum Gasteiger partial charge on any atom is 0.295 e. The van der Waals surface area contributed by atoms with E-state index in [4.69, 9.17) is 4.74 Å². The monoisotopic (exact) mass is 423 g/mol. The number of hydrogen-bond acceptors (Lipinski definition) is 6. The molecule has 0 bridgehead atoms. The Morgan fingerprint density at radius 2 is 1.94 bits per heavy atom. The molecule has 0 radical (unpaired) electrons. The molecule has 0 aliphatic carbocycles. The molecule has 1 amide bonds. The van der Waals surface area contributed by atoms with E-state index in [1.54, 1.807) is 17.0 Å². The lowest BCUT2D eigenvalue weighted by Gasteiger charge is -2.26. The molecule has 31 heavy (non-hydrogen) atoms. The summed E-state index contributed by atoms with van der Waals surface area (Å²) >= 11 is 0. The Balaban J connectivity index is 2.06. The molecule has 7 heteroatoms. The molecule has 7 nitrogen and oxygen atoms in total. The first-order chi connectivity index (χ1) is 14.9. The number of amides is 1. The second kappa shape index (κ2) is 10.2. The zero-order valence-corrected chi connectivity index (χ0v) is 18.2. The van der Waals surface area contributed by atoms with Crippen molar-refractivity contribution in [3.63, 3.8) is 0 Å². The van der Waals surface area contributed by atoms with Crippen LogP contribution in [0.1, 0.15) is 36.9 Å². The van der Waals surface area contributed by atoms with Crippen LogP contribution < -0.4 is 4.74 Å². The number of ether oxygens (including phenoxy) is 1. The van der Waals surface area contributed by atoms with Crippen LogP contribution in [0, 0.1) is 0 Å². The third-order valence-corrected chi connectivity index (χ3v) is 5.14. The lowest BCUT2D eigenvalue weighted by Crippen LogP contribution is -2.32. The summed E-state index contributed by atoms with van der Waals surface area (Å²) in [5.41, 5.74) is 1.27. The normalized spacial score (nSPS) is 18.1. The Labute approximate surface area is 183 Å². The Morgan fingerprint density at radius 3 is 2.61 bits per heavy atom. The first-order valence-corrected chi connectivity index (χ1v) is 10.5. The molecular formula is C24H29N3O4. The van der Waals surface area contributed by atoms with Gasteiger partial charge in [0.25, 0.3) is 11.7 Å². The minimum absolute atomic E-state index is 0.0914. The van der Waals surface area contributed by atoms with E-state index >= 15 is 0 Å². The van der Waals surface area contributed by atoms with Crippen LogP contribution in [-0.2, 0) is 9.59 Å². The number of aromatic nitrogens is 1. The molecule has 1 N–H and O–H groups in total. The van der Waals surface area contributed by atoms with Gasteiger partial charge in [-0.25, -0.2) is 0 Å². The van der Waals surface area contributed by atoms with E-state index in [0.29, 0.717) is 30.9 Å². The molecule has 1 aromatic carbocycles. The number of nitrogens with zero attached hydrogens (tertiary/aromatic N) is 3. The van der Waals surface area contributed by atoms with Crippen LogP contribution in [0.3, 0.4) is 0 Å². The van der Waals surface area contributed by atoms with Crippen molar-refractivity contribution in [3.8, 4) is 5.75 Å². The Bertz CT molecular complexity index is 956. The predicted octanol–water partition coefficient (Wildman–Crippen LogP) is 3.24. The van der Waals surface area contributed by atoms with Crippen molar-refractivity contribution in [3.05, 3.63) is 65.5 Å². The molecule has 2 aromatic rings. The van der Waals surface area contributed by atoms with Crippen molar-refractivity contribution >= 4 is 17.4 Å². The van der Waals surface area contributed by atoms with E-state index in [1.165, 1.54) is 12.4 Å². The zero-order chi connectivity index (χ0) is 22.4. The van der Waals surface area contributed by atoms with E-state index in [9.17, 15) is 14.7 Å². The number of carbonyl (C=O) groups is 2. The van der Waals surface area contributed by atoms with E-state index in [-0.39, 0.29) is 11.3 Å². The van der Waals surface area contributed by atoms with Gasteiger partial charge in [-0.1, -0.05) is 19.1 Å². The predicted molar refractivity (Wildman–Crippen MR) is 119 cm³/mol. The smallest absolute Gasteiger partial charge is 0.295 e. The maximum absolute atomic E-state index is 13.0. The van der Waals surface area contributed by atoms with Gasteiger partial charge in [0.15, 0.2) is 0 Å². The first-order valence-electron chi connectivity index (χ1n) is 10.5. The van der Waals surface area contributed by atoms with Gasteiger partial charge in [0.1, 0.15) is 11.5 Å². The lowest BCUT2D eigenvalue weighted by atomic mass is 9.95. The summed E-state index contributed by atoms with van der Waals surface area (Å²) in [6.07, 6.45) is 4.65. The van der Waals surface area contributed by atoms with Gasteiger partial charge in [-0.2, -0.15) is 0 Å². The fourth-order valence-corrected chi connectivity index (χ4v) is 3.67. The quantitative estimate of drug-likeness (QED) is 0.379. The highest BCUT2D eigenvalue weighted by atomic mass is 16.5. The molecule has 1 fully saturated rings. The van der Waals surface area contributed by atoms with E-state index in [2.05, 4.69) is 4.98 Å². The summed E-state index contributed by atoms with van der Waals surface area (Å²) in [5.74, 6) is -0.800. The average molecular weight is 424 g/mol. The number of ketones is 1. The van der Waals surface area contributed by atoms with Gasteiger partial charge in [0.2, 0.25) is 0 Å². The summed E-state index contributed by atoms with van der Waals surface area (Å²) < 4.78 is 5.76. The highest BCUT2D eigenvalue weighted by Gasteiger charge is 2.45. The molecule has 1 saturated heterocycles. The first kappa shape index (κ1) is 22.5. The number of carbonyl (C=O) groups excluding carboxylic acids is 2. The minimum atomic E-state index is -0.680. The van der Waals surface area contributed by atoms with Gasteiger partial charge in [0, 0.05) is 24.5 Å². The van der Waals surface area contributed by atoms with Crippen LogP contribution in [0.5, 0.6) is 5.75 Å². The Kier molecular flexibility index (Phi) is 7.41. The van der Waals surface area contributed by atoms with Crippen LogP contribution in [-0.4, -0.2) is 65.4 Å². The molecule has 1 atom stereocenters. The second-order valence-corrected chi connectivity index (χ2v) is 7.81. The second-order valence-electron chi connectivity index (χ2n) is 7.81. The van der Waals surface area contributed by atoms with Gasteiger partial charge >= 0.3 is 0 Å². The highest BCUT2D eigenvalue weighted by Crippen LogP contribution is 2.40. The minimum Gasteiger partial charge on any atom is -0.507 e. The maximum atomic E-state index is 13.0. The molecule has 164 valence electrons. The van der Waals surface area contributed by atoms with Crippen LogP contribution in [0.25, 0.3) is 5.76 Å². The third-order valence-electron chi connectivity index (χ3n) is 5.14. The number of aliphatic hydroxyl groups is 1. The molecule has 1 aromatic heterocycles. The highest BCUT2D eigenvalue weighted by molar-refractivity contribution is 6.46. The number of pyridine rings is 1. The summed E-state index contributed by atoms with van der Waals surface area (Å²) in [7, 11) is 3.92. The zero-order valence-electron chi connectivity index (χ0n) is 18.2. The number of rotatable bonds is 9. The number of benzene rings is 1. The summed E-state index contributed by atoms with van der Waals surface area (Å²) in [6, 6.07) is 9.94. The third kappa shape index (κ3) is 5.11. The van der Waals surface area contributed by atoms with Gasteiger partial charge < -0.3 is 19.6 Å². The number of hydrogen-bond donors (Lipinski definition) is 1. The van der Waals surface area contributed by atoms with Crippen LogP contribution in [0.15, 0.2) is 54.4 Å². The molecule has 1 aliphatic rings. The topological polar surface area (TPSA) is 83.0 Å². The van der Waals surface area contributed by atoms with Crippen LogP contribution in [0.4, 0.5) is 0 Å². The molecular weight excluding hydrogens is 394 g/mol. The summed E-state index contributed by atoms with van der Waals surface area (Å²) in [6.45, 7) is 3.78. The molecule has 0 spiro atoms. The van der Waals surface area contributed by atoms with Crippen molar-refractivity contribution < 1.29 is 19.4 Å². The van der Waals surface area contributed by atoms with E-state index < -0.39 is 17.7 Å². The number of Topliss-reactive ketones (excluding diaryl/α,β-unsaturated/α-hetero) is 1. The van der Waals surface area contributed by atoms with Crippen molar-refractivity contribution in [2.75, 3.05) is 33.8 Å². The number of likely N-dealkylation sites (tertiary alicyclic amines) is 1. The molecule has 0 saturated carbocycles. The van der Waals surface area contributed by atoms with Crippen LogP contribution in [0.2, 0.25) is 0 Å². The fourth-order valence-electron chi connectivity index (χ4n) is 3.67. The average Bonchev–Trinajstić information content (AvgIpc) is 3.03. The fraction of sp³-hybridized carbons (Fsp3) is 0.375. The Morgan fingerprint density at radius 1 is 1.19 bits per heavy atom. The largest absolute Gasteiger partial charge is 0.507 e. The van der Waals surface area contributed by atoms with Crippen molar-refractivity contribution in [2.24, 2.45) is 0 Å². The molecule has 2 heterocycles. The SMILES string of the molecule is CCCOc1cccc([C@@H]2/C(=C(/O)c3ccncc3)C(=O)C(=O)N2CCCN(C)C)c1. The van der Waals surface area contributed by atoms with Crippen molar-refractivity contribution in [2.45, 2.75) is 25.8 Å². The van der Waals surface area contributed by atoms with Crippen molar-refractivity contribution in [1.82, 2.24) is 14.8 Å². The van der Waals surface area contributed by atoms with Gasteiger partial charge in [-0.15, -0.1) is 0 Å². The van der Waals surface area contributed by atoms with E-state index in [1.807, 2.05) is 50.2 Å². The van der Waals surface area contributed by atoms with Gasteiger partial charge in [-0.05, 0) is 63.3 Å². The molecule has 1 aliphatic heterocycles. The summed E-state index contributed by atoms with van der Waals surface area (Å²) in [4.78, 5) is 33.5. The standard InChI is InChI=1S/C24H29N3O4/c1-4-15-31-19-8-5-7-18(16-19)21-20(22(28)17-9-11-25-12-10-17)23(29)24(30)27(21)14-6-13-26(2)3/h5,7-12,16,21,28H,4,6,13-15H2,1-3H3/b22-20-/t21-/m1/s1. The van der Waals surface area contributed by atoms with Crippen molar-refractivity contribution in [1.29, 1.82) is 0 Å². The lowest BCUT2D eigenvalue weighted by molar-refractivity contribution is -0.139. The van der Waals surface area contributed by atoms with Gasteiger partial charge in [-0.3, -0.25) is 14.6 Å². The van der Waals surface area contributed by atoms with Crippen LogP contribution >= 0.6 is 0 Å². The van der Waals surface area contributed by atoms with E-state index in [0.717, 1.165) is 18.5 Å². The number of aliphatic hydroxyl groups excluding tert-OH is 1. The van der Waals surface area contributed by atoms with Gasteiger partial charge in [0.05, 0.1) is 18.2 Å².